The molecule has 4 aromatic carbocycles. The van der Waals surface area contributed by atoms with Crippen LogP contribution < -0.4 is 10.1 Å². The highest BCUT2D eigenvalue weighted by Gasteiger charge is 2.28. The maximum Gasteiger partial charge on any atom is 0.407 e. The predicted molar refractivity (Wildman–Crippen MR) is 149 cm³/mol. The van der Waals surface area contributed by atoms with Crippen LogP contribution in [-0.2, 0) is 27.5 Å². The Hall–Kier alpha value is -4.58. The van der Waals surface area contributed by atoms with Gasteiger partial charge in [-0.3, -0.25) is 4.79 Å². The molecule has 0 atom stereocenters. The summed E-state index contributed by atoms with van der Waals surface area (Å²) in [5.41, 5.74) is 7.83. The molecular formula is C33H31NO5. The van der Waals surface area contributed by atoms with Crippen molar-refractivity contribution in [2.75, 3.05) is 13.2 Å². The number of alkyl carbamates (subject to hydrolysis) is 1. The number of esters is 1. The van der Waals surface area contributed by atoms with Crippen LogP contribution in [0.1, 0.15) is 40.2 Å². The fourth-order valence-corrected chi connectivity index (χ4v) is 4.68. The zero-order valence-corrected chi connectivity index (χ0v) is 21.9. The Kier molecular flexibility index (Phi) is 8.22. The minimum atomic E-state index is -0.550. The maximum atomic E-state index is 12.3. The Morgan fingerprint density at radius 1 is 0.718 bits per heavy atom. The predicted octanol–water partition coefficient (Wildman–Crippen LogP) is 6.55. The van der Waals surface area contributed by atoms with Gasteiger partial charge in [0.05, 0.1) is 6.42 Å². The van der Waals surface area contributed by atoms with Gasteiger partial charge in [-0.2, -0.15) is 0 Å². The largest absolute Gasteiger partial charge is 0.489 e. The van der Waals surface area contributed by atoms with E-state index in [0.717, 1.165) is 28.0 Å². The van der Waals surface area contributed by atoms with E-state index >= 15 is 0 Å². The molecule has 0 aromatic heterocycles. The number of aryl methyl sites for hydroxylation is 1. The van der Waals surface area contributed by atoms with Gasteiger partial charge >= 0.3 is 12.1 Å². The average Bonchev–Trinajstić information content (AvgIpc) is 3.29. The van der Waals surface area contributed by atoms with Gasteiger partial charge in [0.2, 0.25) is 0 Å². The molecule has 0 spiro atoms. The summed E-state index contributed by atoms with van der Waals surface area (Å²) >= 11 is 0. The van der Waals surface area contributed by atoms with Gasteiger partial charge in [-0.25, -0.2) is 4.79 Å². The van der Waals surface area contributed by atoms with E-state index in [4.69, 9.17) is 14.2 Å². The van der Waals surface area contributed by atoms with E-state index in [1.807, 2.05) is 60.7 Å². The van der Waals surface area contributed by atoms with Crippen molar-refractivity contribution in [3.05, 3.63) is 125 Å². The molecule has 198 valence electrons. The number of hydrogen-bond acceptors (Lipinski definition) is 5. The van der Waals surface area contributed by atoms with E-state index < -0.39 is 12.1 Å². The minimum absolute atomic E-state index is 0.00694. The third kappa shape index (κ3) is 6.65. The van der Waals surface area contributed by atoms with Crippen molar-refractivity contribution >= 4 is 12.1 Å². The number of fused-ring (bicyclic) bond motifs is 3. The van der Waals surface area contributed by atoms with Gasteiger partial charge in [0.1, 0.15) is 25.6 Å². The second-order valence-electron chi connectivity index (χ2n) is 9.58. The number of amides is 1. The van der Waals surface area contributed by atoms with Gasteiger partial charge in [0, 0.05) is 12.5 Å². The molecule has 6 nitrogen and oxygen atoms in total. The number of carbonyl (C=O) groups is 2. The van der Waals surface area contributed by atoms with Crippen molar-refractivity contribution in [2.24, 2.45) is 0 Å². The number of carbonyl (C=O) groups excluding carboxylic acids is 2. The van der Waals surface area contributed by atoms with Crippen LogP contribution in [0, 0.1) is 6.92 Å². The van der Waals surface area contributed by atoms with Gasteiger partial charge in [0.25, 0.3) is 0 Å². The van der Waals surface area contributed by atoms with E-state index in [9.17, 15) is 9.59 Å². The lowest BCUT2D eigenvalue weighted by Crippen LogP contribution is -2.28. The van der Waals surface area contributed by atoms with E-state index in [-0.39, 0.29) is 32.1 Å². The Bertz CT molecular complexity index is 1380. The number of benzene rings is 4. The first-order valence-corrected chi connectivity index (χ1v) is 13.1. The molecule has 0 saturated carbocycles. The lowest BCUT2D eigenvalue weighted by atomic mass is 9.98. The van der Waals surface area contributed by atoms with Crippen molar-refractivity contribution in [3.8, 4) is 16.9 Å². The summed E-state index contributed by atoms with van der Waals surface area (Å²) < 4.78 is 16.7. The molecule has 0 saturated heterocycles. The molecule has 0 fully saturated rings. The van der Waals surface area contributed by atoms with Gasteiger partial charge < -0.3 is 19.5 Å². The summed E-state index contributed by atoms with van der Waals surface area (Å²) in [6, 6.07) is 32.0. The Balaban J connectivity index is 1.00. The van der Waals surface area contributed by atoms with Gasteiger partial charge in [0.15, 0.2) is 0 Å². The number of nitrogens with one attached hydrogen (secondary N) is 1. The van der Waals surface area contributed by atoms with Crippen LogP contribution in [0.5, 0.6) is 5.75 Å². The molecule has 4 aromatic rings. The first-order valence-electron chi connectivity index (χ1n) is 13.1. The van der Waals surface area contributed by atoms with Crippen LogP contribution in [0.15, 0.2) is 97.1 Å². The quantitative estimate of drug-likeness (QED) is 0.240. The molecule has 0 radical (unpaired) electrons. The molecule has 0 heterocycles. The van der Waals surface area contributed by atoms with Crippen molar-refractivity contribution in [2.45, 2.75) is 32.5 Å². The number of hydrogen-bond donors (Lipinski definition) is 1. The standard InChI is InChI=1S/C33H31NO5/c1-23-10-12-24(13-11-23)20-37-26-16-14-25(15-17-26)21-38-32(35)18-19-34-33(36)39-22-31-29-8-4-2-6-27(29)28-7-3-5-9-30(28)31/h2-17,31H,18-22H2,1H3,(H,34,36). The van der Waals surface area contributed by atoms with Gasteiger partial charge in [-0.1, -0.05) is 90.5 Å². The highest BCUT2D eigenvalue weighted by Crippen LogP contribution is 2.44. The van der Waals surface area contributed by atoms with Crippen LogP contribution in [-0.4, -0.2) is 25.2 Å². The fraction of sp³-hybridized carbons (Fsp3) is 0.212. The van der Waals surface area contributed by atoms with Crippen LogP contribution in [0.2, 0.25) is 0 Å². The van der Waals surface area contributed by atoms with Crippen molar-refractivity contribution in [1.82, 2.24) is 5.32 Å². The molecule has 5 rings (SSSR count). The molecule has 1 amide bonds. The molecule has 1 aliphatic carbocycles. The molecule has 6 heteroatoms. The SMILES string of the molecule is Cc1ccc(COc2ccc(COC(=O)CCNC(=O)OCC3c4ccccc4-c4ccccc43)cc2)cc1. The van der Waals surface area contributed by atoms with Crippen molar-refractivity contribution < 1.29 is 23.8 Å². The third-order valence-electron chi connectivity index (χ3n) is 6.79. The monoisotopic (exact) mass is 521 g/mol. The highest BCUT2D eigenvalue weighted by atomic mass is 16.5. The van der Waals surface area contributed by atoms with Crippen LogP contribution >= 0.6 is 0 Å². The lowest BCUT2D eigenvalue weighted by Gasteiger charge is -2.14. The van der Waals surface area contributed by atoms with Crippen molar-refractivity contribution in [3.63, 3.8) is 0 Å². The van der Waals surface area contributed by atoms with Gasteiger partial charge in [-0.05, 0) is 52.4 Å². The lowest BCUT2D eigenvalue weighted by molar-refractivity contribution is -0.144. The average molecular weight is 522 g/mol. The second kappa shape index (κ2) is 12.3. The first-order chi connectivity index (χ1) is 19.1. The van der Waals surface area contributed by atoms with Crippen LogP contribution in [0.25, 0.3) is 11.1 Å². The molecule has 0 unspecified atom stereocenters. The Labute approximate surface area is 228 Å². The van der Waals surface area contributed by atoms with E-state index in [1.165, 1.54) is 16.7 Å². The van der Waals surface area contributed by atoms with E-state index in [0.29, 0.717) is 6.61 Å². The second-order valence-corrected chi connectivity index (χ2v) is 9.58. The topological polar surface area (TPSA) is 73.9 Å². The maximum absolute atomic E-state index is 12.3. The zero-order valence-electron chi connectivity index (χ0n) is 21.9. The van der Waals surface area contributed by atoms with E-state index in [2.05, 4.69) is 48.6 Å². The summed E-state index contributed by atoms with van der Waals surface area (Å²) in [6.07, 6.45) is -0.493. The highest BCUT2D eigenvalue weighted by molar-refractivity contribution is 5.79. The third-order valence-corrected chi connectivity index (χ3v) is 6.79. The molecule has 0 bridgehead atoms. The summed E-state index contributed by atoms with van der Waals surface area (Å²) in [7, 11) is 0. The number of rotatable bonds is 10. The zero-order chi connectivity index (χ0) is 27.0. The fourth-order valence-electron chi connectivity index (χ4n) is 4.68. The van der Waals surface area contributed by atoms with Gasteiger partial charge in [-0.15, -0.1) is 0 Å². The summed E-state index contributed by atoms with van der Waals surface area (Å²) in [5.74, 6) is 0.346. The first kappa shape index (κ1) is 26.0. The molecule has 39 heavy (non-hydrogen) atoms. The van der Waals surface area contributed by atoms with Crippen molar-refractivity contribution in [1.29, 1.82) is 0 Å². The molecule has 1 N–H and O–H groups in total. The number of ether oxygens (including phenoxy) is 3. The Morgan fingerprint density at radius 2 is 1.31 bits per heavy atom. The van der Waals surface area contributed by atoms with Crippen LogP contribution in [0.3, 0.4) is 0 Å². The smallest absolute Gasteiger partial charge is 0.407 e. The summed E-state index contributed by atoms with van der Waals surface area (Å²) in [6.45, 7) is 3.07. The van der Waals surface area contributed by atoms with E-state index in [1.54, 1.807) is 0 Å². The normalized spacial score (nSPS) is 11.8. The summed E-state index contributed by atoms with van der Waals surface area (Å²) in [4.78, 5) is 24.4. The minimum Gasteiger partial charge on any atom is -0.489 e. The Morgan fingerprint density at radius 3 is 1.97 bits per heavy atom. The molecule has 0 aliphatic heterocycles. The van der Waals surface area contributed by atoms with Crippen LogP contribution in [0.4, 0.5) is 4.79 Å². The molecular weight excluding hydrogens is 490 g/mol. The summed E-state index contributed by atoms with van der Waals surface area (Å²) in [5, 5.41) is 2.64. The molecule has 1 aliphatic rings.